The summed E-state index contributed by atoms with van der Waals surface area (Å²) in [4.78, 5) is 0. The van der Waals surface area contributed by atoms with Crippen LogP contribution < -0.4 is 10.1 Å². The monoisotopic (exact) mass is 293 g/mol. The van der Waals surface area contributed by atoms with Crippen molar-refractivity contribution in [3.8, 4) is 5.75 Å². The first kappa shape index (κ1) is 16.3. The summed E-state index contributed by atoms with van der Waals surface area (Å²) in [5, 5.41) is 3.34. The summed E-state index contributed by atoms with van der Waals surface area (Å²) < 4.78 is 20.3. The van der Waals surface area contributed by atoms with Gasteiger partial charge >= 0.3 is 0 Å². The van der Waals surface area contributed by atoms with Gasteiger partial charge in [0.1, 0.15) is 0 Å². The fraction of sp³-hybridized carbons (Fsp3) is 0.667. The molecule has 1 aromatic rings. The number of ether oxygens (including phenoxy) is 1. The molecule has 21 heavy (non-hydrogen) atoms. The van der Waals surface area contributed by atoms with E-state index >= 15 is 0 Å². The average molecular weight is 293 g/mol. The third-order valence-electron chi connectivity index (χ3n) is 4.81. The highest BCUT2D eigenvalue weighted by molar-refractivity contribution is 5.37. The minimum atomic E-state index is -0.247. The van der Waals surface area contributed by atoms with E-state index in [0.29, 0.717) is 11.7 Å². The van der Waals surface area contributed by atoms with E-state index in [1.54, 1.807) is 6.07 Å². The Labute approximate surface area is 128 Å². The van der Waals surface area contributed by atoms with Gasteiger partial charge in [-0.3, -0.25) is 0 Å². The Morgan fingerprint density at radius 3 is 2.71 bits per heavy atom. The van der Waals surface area contributed by atoms with Gasteiger partial charge in [-0.15, -0.1) is 0 Å². The van der Waals surface area contributed by atoms with E-state index in [1.165, 1.54) is 12.5 Å². The molecule has 0 amide bonds. The van der Waals surface area contributed by atoms with Crippen molar-refractivity contribution in [2.24, 2.45) is 11.8 Å². The standard InChI is InChI=1S/C18H28FNO/c1-5-20-14(4)16-7-6-8-17(19)18(16)21-15-10-9-12(2)13(3)11-15/h6-8,12-15,20H,5,9-11H2,1-4H3. The molecule has 4 atom stereocenters. The van der Waals surface area contributed by atoms with E-state index in [0.717, 1.165) is 30.9 Å². The lowest BCUT2D eigenvalue weighted by Crippen LogP contribution is -2.30. The van der Waals surface area contributed by atoms with Crippen LogP contribution in [0.2, 0.25) is 0 Å². The number of para-hydroxylation sites is 1. The van der Waals surface area contributed by atoms with E-state index in [2.05, 4.69) is 33.0 Å². The molecule has 0 bridgehead atoms. The molecule has 0 aromatic heterocycles. The molecule has 0 saturated heterocycles. The molecule has 118 valence electrons. The Morgan fingerprint density at radius 2 is 2.05 bits per heavy atom. The average Bonchev–Trinajstić information content (AvgIpc) is 2.45. The SMILES string of the molecule is CCNC(C)c1cccc(F)c1OC1CCC(C)C(C)C1. The largest absolute Gasteiger partial charge is 0.487 e. The quantitative estimate of drug-likeness (QED) is 0.849. The maximum atomic E-state index is 14.2. The molecule has 1 N–H and O–H groups in total. The van der Waals surface area contributed by atoms with Gasteiger partial charge in [0.2, 0.25) is 0 Å². The molecular weight excluding hydrogens is 265 g/mol. The molecule has 0 aliphatic heterocycles. The van der Waals surface area contributed by atoms with Gasteiger partial charge in [0.25, 0.3) is 0 Å². The maximum Gasteiger partial charge on any atom is 0.165 e. The van der Waals surface area contributed by atoms with E-state index < -0.39 is 0 Å². The summed E-state index contributed by atoms with van der Waals surface area (Å²) >= 11 is 0. The first-order valence-corrected chi connectivity index (χ1v) is 8.21. The lowest BCUT2D eigenvalue weighted by Gasteiger charge is -2.33. The summed E-state index contributed by atoms with van der Waals surface area (Å²) in [6.45, 7) is 9.53. The van der Waals surface area contributed by atoms with Crippen molar-refractivity contribution in [1.29, 1.82) is 0 Å². The van der Waals surface area contributed by atoms with Crippen LogP contribution in [-0.4, -0.2) is 12.6 Å². The fourth-order valence-electron chi connectivity index (χ4n) is 3.18. The van der Waals surface area contributed by atoms with Crippen LogP contribution in [0.1, 0.15) is 58.6 Å². The minimum Gasteiger partial charge on any atom is -0.487 e. The third kappa shape index (κ3) is 3.97. The molecule has 1 aromatic carbocycles. The Bertz CT molecular complexity index is 463. The molecule has 0 radical (unpaired) electrons. The number of halogens is 1. The topological polar surface area (TPSA) is 21.3 Å². The minimum absolute atomic E-state index is 0.0978. The molecule has 0 spiro atoms. The number of hydrogen-bond acceptors (Lipinski definition) is 2. The van der Waals surface area contributed by atoms with Gasteiger partial charge in [0.05, 0.1) is 6.10 Å². The molecule has 0 heterocycles. The van der Waals surface area contributed by atoms with E-state index in [1.807, 2.05) is 6.07 Å². The van der Waals surface area contributed by atoms with Crippen LogP contribution in [0.25, 0.3) is 0 Å². The second kappa shape index (κ2) is 7.26. The number of rotatable bonds is 5. The van der Waals surface area contributed by atoms with E-state index in [9.17, 15) is 4.39 Å². The fourth-order valence-corrected chi connectivity index (χ4v) is 3.18. The lowest BCUT2D eigenvalue weighted by atomic mass is 9.80. The van der Waals surface area contributed by atoms with Crippen molar-refractivity contribution in [1.82, 2.24) is 5.32 Å². The van der Waals surface area contributed by atoms with Gasteiger partial charge in [-0.25, -0.2) is 4.39 Å². The zero-order chi connectivity index (χ0) is 15.4. The van der Waals surface area contributed by atoms with Crippen LogP contribution in [0.4, 0.5) is 4.39 Å². The number of benzene rings is 1. The van der Waals surface area contributed by atoms with Gasteiger partial charge in [0.15, 0.2) is 11.6 Å². The van der Waals surface area contributed by atoms with E-state index in [-0.39, 0.29) is 18.0 Å². The third-order valence-corrected chi connectivity index (χ3v) is 4.81. The molecule has 3 heteroatoms. The highest BCUT2D eigenvalue weighted by Crippen LogP contribution is 2.35. The molecule has 4 unspecified atom stereocenters. The van der Waals surface area contributed by atoms with Crippen molar-refractivity contribution in [3.63, 3.8) is 0 Å². The number of nitrogens with one attached hydrogen (secondary N) is 1. The van der Waals surface area contributed by atoms with Crippen molar-refractivity contribution in [3.05, 3.63) is 29.6 Å². The van der Waals surface area contributed by atoms with Crippen LogP contribution in [0.5, 0.6) is 5.75 Å². The lowest BCUT2D eigenvalue weighted by molar-refractivity contribution is 0.0953. The molecule has 1 saturated carbocycles. The molecule has 2 nitrogen and oxygen atoms in total. The van der Waals surface area contributed by atoms with Gasteiger partial charge in [-0.2, -0.15) is 0 Å². The second-order valence-electron chi connectivity index (χ2n) is 6.45. The van der Waals surface area contributed by atoms with Gasteiger partial charge in [-0.1, -0.05) is 32.9 Å². The first-order valence-electron chi connectivity index (χ1n) is 8.21. The zero-order valence-electron chi connectivity index (χ0n) is 13.7. The van der Waals surface area contributed by atoms with Crippen molar-refractivity contribution < 1.29 is 9.13 Å². The summed E-state index contributed by atoms with van der Waals surface area (Å²) in [7, 11) is 0. The van der Waals surface area contributed by atoms with Crippen LogP contribution in [0, 0.1) is 17.7 Å². The Morgan fingerprint density at radius 1 is 1.29 bits per heavy atom. The summed E-state index contributed by atoms with van der Waals surface area (Å²) in [6, 6.07) is 5.31. The summed E-state index contributed by atoms with van der Waals surface area (Å²) in [6.07, 6.45) is 3.35. The number of hydrogen-bond donors (Lipinski definition) is 1. The molecule has 2 rings (SSSR count). The Hall–Kier alpha value is -1.09. The Balaban J connectivity index is 2.15. The van der Waals surface area contributed by atoms with Gasteiger partial charge in [-0.05, 0) is 50.6 Å². The second-order valence-corrected chi connectivity index (χ2v) is 6.45. The van der Waals surface area contributed by atoms with Gasteiger partial charge < -0.3 is 10.1 Å². The van der Waals surface area contributed by atoms with Crippen molar-refractivity contribution >= 4 is 0 Å². The molecular formula is C18H28FNO. The Kier molecular flexibility index (Phi) is 5.63. The zero-order valence-corrected chi connectivity index (χ0v) is 13.7. The predicted octanol–water partition coefficient (Wildman–Crippen LogP) is 4.70. The van der Waals surface area contributed by atoms with Crippen molar-refractivity contribution in [2.45, 2.75) is 59.1 Å². The molecule has 1 aliphatic carbocycles. The van der Waals surface area contributed by atoms with Crippen LogP contribution in [-0.2, 0) is 0 Å². The summed E-state index contributed by atoms with van der Waals surface area (Å²) in [5.74, 6) is 1.58. The smallest absolute Gasteiger partial charge is 0.165 e. The first-order chi connectivity index (χ1) is 10.0. The van der Waals surface area contributed by atoms with Crippen LogP contribution in [0.15, 0.2) is 18.2 Å². The van der Waals surface area contributed by atoms with Crippen molar-refractivity contribution in [2.75, 3.05) is 6.54 Å². The van der Waals surface area contributed by atoms with E-state index in [4.69, 9.17) is 4.74 Å². The van der Waals surface area contributed by atoms with Crippen LogP contribution >= 0.6 is 0 Å². The predicted molar refractivity (Wildman–Crippen MR) is 85.1 cm³/mol. The van der Waals surface area contributed by atoms with Crippen LogP contribution in [0.3, 0.4) is 0 Å². The van der Waals surface area contributed by atoms with Gasteiger partial charge in [0, 0.05) is 11.6 Å². The molecule has 1 fully saturated rings. The highest BCUT2D eigenvalue weighted by atomic mass is 19.1. The highest BCUT2D eigenvalue weighted by Gasteiger charge is 2.27. The summed E-state index contributed by atoms with van der Waals surface area (Å²) in [5.41, 5.74) is 0.920. The molecule has 1 aliphatic rings. The normalized spacial score (nSPS) is 27.4. The maximum absolute atomic E-state index is 14.2.